The summed E-state index contributed by atoms with van der Waals surface area (Å²) >= 11 is 1.84. The summed E-state index contributed by atoms with van der Waals surface area (Å²) in [6.07, 6.45) is 0. The lowest BCUT2D eigenvalue weighted by molar-refractivity contribution is 0.665. The Morgan fingerprint density at radius 3 is 1.95 bits per heavy atom. The summed E-state index contributed by atoms with van der Waals surface area (Å²) in [6, 6.07) is 67.1. The van der Waals surface area contributed by atoms with Crippen LogP contribution in [0.2, 0.25) is 0 Å². The fraction of sp³-hybridized carbons (Fsp3) is 0. The number of hydrogen-bond donors (Lipinski definition) is 0. The number of thiophene rings is 1. The lowest BCUT2D eigenvalue weighted by atomic mass is 9.94. The van der Waals surface area contributed by atoms with E-state index in [1.165, 1.54) is 31.3 Å². The van der Waals surface area contributed by atoms with E-state index >= 15 is 0 Å². The average Bonchev–Trinajstić information content (AvgIpc) is 3.95. The summed E-state index contributed by atoms with van der Waals surface area (Å²) in [6.45, 7) is 0. The average molecular weight is 734 g/mol. The van der Waals surface area contributed by atoms with E-state index < -0.39 is 0 Å². The van der Waals surface area contributed by atoms with Gasteiger partial charge in [0.15, 0.2) is 0 Å². The number of para-hydroxylation sites is 2. The molecule has 0 saturated carbocycles. The van der Waals surface area contributed by atoms with Gasteiger partial charge in [0.05, 0.1) is 10.4 Å². The zero-order valence-electron chi connectivity index (χ0n) is 30.1. The Kier molecular flexibility index (Phi) is 6.80. The van der Waals surface area contributed by atoms with Gasteiger partial charge >= 0.3 is 0 Å². The SMILES string of the molecule is c1ccc(-c2ccc(N(c3ccc4c(c3)oc3c(-c5cccc6c5oc5ccccc56)c5ccccc5cc34)c3cccc4c3sc3ccccc34)cc2)cc1. The molecule has 56 heavy (non-hydrogen) atoms. The molecule has 0 saturated heterocycles. The molecule has 9 aromatic carbocycles. The van der Waals surface area contributed by atoms with Gasteiger partial charge < -0.3 is 13.7 Å². The minimum absolute atomic E-state index is 0.834. The van der Waals surface area contributed by atoms with Crippen LogP contribution in [0.15, 0.2) is 197 Å². The molecular weight excluding hydrogens is 703 g/mol. The van der Waals surface area contributed by atoms with Crippen LogP contribution in [0.5, 0.6) is 0 Å². The summed E-state index contributed by atoms with van der Waals surface area (Å²) in [5.41, 5.74) is 11.1. The van der Waals surface area contributed by atoms with E-state index in [2.05, 4.69) is 181 Å². The zero-order chi connectivity index (χ0) is 36.7. The van der Waals surface area contributed by atoms with Crippen LogP contribution in [0.25, 0.3) is 97.1 Å². The molecule has 0 aliphatic heterocycles. The Hall–Kier alpha value is -7.14. The van der Waals surface area contributed by atoms with Crippen LogP contribution in [-0.2, 0) is 0 Å². The first-order chi connectivity index (χ1) is 27.8. The maximum Gasteiger partial charge on any atom is 0.144 e. The Labute approximate surface area is 325 Å². The molecule has 12 rings (SSSR count). The van der Waals surface area contributed by atoms with Crippen molar-refractivity contribution in [1.82, 2.24) is 0 Å². The molecule has 0 amide bonds. The zero-order valence-corrected chi connectivity index (χ0v) is 30.9. The van der Waals surface area contributed by atoms with E-state index in [0.717, 1.165) is 82.8 Å². The molecule has 0 N–H and O–H groups in total. The third-order valence-electron chi connectivity index (χ3n) is 11.3. The Morgan fingerprint density at radius 2 is 1.05 bits per heavy atom. The fourth-order valence-corrected chi connectivity index (χ4v) is 9.89. The molecule has 0 aliphatic rings. The van der Waals surface area contributed by atoms with Gasteiger partial charge in [-0.15, -0.1) is 11.3 Å². The summed E-state index contributed by atoms with van der Waals surface area (Å²) in [5.74, 6) is 0. The third-order valence-corrected chi connectivity index (χ3v) is 12.5. The maximum absolute atomic E-state index is 7.08. The molecule has 12 aromatic rings. The highest BCUT2D eigenvalue weighted by Gasteiger charge is 2.23. The van der Waals surface area contributed by atoms with Gasteiger partial charge in [-0.1, -0.05) is 133 Å². The Balaban J connectivity index is 1.10. The highest BCUT2D eigenvalue weighted by molar-refractivity contribution is 7.26. The van der Waals surface area contributed by atoms with E-state index in [4.69, 9.17) is 8.83 Å². The van der Waals surface area contributed by atoms with E-state index in [0.29, 0.717) is 0 Å². The molecule has 3 heterocycles. The van der Waals surface area contributed by atoms with E-state index in [9.17, 15) is 0 Å². The van der Waals surface area contributed by atoms with E-state index in [-0.39, 0.29) is 0 Å². The molecule has 0 fully saturated rings. The molecule has 3 nitrogen and oxygen atoms in total. The van der Waals surface area contributed by atoms with Crippen LogP contribution in [0.3, 0.4) is 0 Å². The number of benzene rings is 9. The number of hydrogen-bond acceptors (Lipinski definition) is 4. The summed E-state index contributed by atoms with van der Waals surface area (Å²) < 4.78 is 16.2. The van der Waals surface area contributed by atoms with Crippen LogP contribution in [-0.4, -0.2) is 0 Å². The number of anilines is 3. The van der Waals surface area contributed by atoms with Crippen molar-refractivity contribution in [2.75, 3.05) is 4.90 Å². The molecular formula is C52H31NO2S. The Bertz CT molecular complexity index is 3480. The van der Waals surface area contributed by atoms with Crippen molar-refractivity contribution in [3.05, 3.63) is 188 Å². The molecule has 4 heteroatoms. The second-order valence-corrected chi connectivity index (χ2v) is 15.5. The number of fused-ring (bicyclic) bond motifs is 10. The number of furan rings is 2. The van der Waals surface area contributed by atoms with Gasteiger partial charge in [-0.2, -0.15) is 0 Å². The highest BCUT2D eigenvalue weighted by Crippen LogP contribution is 2.48. The van der Waals surface area contributed by atoms with Crippen molar-refractivity contribution < 1.29 is 8.83 Å². The third kappa shape index (κ3) is 4.70. The first-order valence-electron chi connectivity index (χ1n) is 18.9. The molecule has 0 spiro atoms. The second-order valence-electron chi connectivity index (χ2n) is 14.4. The van der Waals surface area contributed by atoms with Crippen molar-refractivity contribution in [3.63, 3.8) is 0 Å². The number of nitrogens with zero attached hydrogens (tertiary/aromatic N) is 1. The van der Waals surface area contributed by atoms with Crippen LogP contribution in [0.1, 0.15) is 0 Å². The van der Waals surface area contributed by atoms with E-state index in [1.807, 2.05) is 23.5 Å². The summed E-state index contributed by atoms with van der Waals surface area (Å²) in [4.78, 5) is 2.38. The summed E-state index contributed by atoms with van der Waals surface area (Å²) in [5, 5.41) is 9.19. The van der Waals surface area contributed by atoms with Crippen molar-refractivity contribution in [3.8, 4) is 22.3 Å². The highest BCUT2D eigenvalue weighted by atomic mass is 32.1. The van der Waals surface area contributed by atoms with Crippen LogP contribution < -0.4 is 4.90 Å². The minimum atomic E-state index is 0.834. The van der Waals surface area contributed by atoms with Crippen molar-refractivity contribution >= 4 is 103 Å². The molecule has 0 bridgehead atoms. The normalized spacial score (nSPS) is 11.9. The van der Waals surface area contributed by atoms with Crippen LogP contribution in [0.4, 0.5) is 17.1 Å². The lowest BCUT2D eigenvalue weighted by Gasteiger charge is -2.26. The first kappa shape index (κ1) is 31.2. The van der Waals surface area contributed by atoms with Crippen LogP contribution >= 0.6 is 11.3 Å². The molecule has 0 atom stereocenters. The largest absolute Gasteiger partial charge is 0.455 e. The van der Waals surface area contributed by atoms with Gasteiger partial charge in [0.25, 0.3) is 0 Å². The van der Waals surface area contributed by atoms with Gasteiger partial charge in [-0.3, -0.25) is 0 Å². The van der Waals surface area contributed by atoms with Gasteiger partial charge in [0.1, 0.15) is 22.3 Å². The molecule has 0 unspecified atom stereocenters. The minimum Gasteiger partial charge on any atom is -0.455 e. The first-order valence-corrected chi connectivity index (χ1v) is 19.7. The van der Waals surface area contributed by atoms with Crippen molar-refractivity contribution in [1.29, 1.82) is 0 Å². The van der Waals surface area contributed by atoms with Gasteiger partial charge in [-0.25, -0.2) is 0 Å². The van der Waals surface area contributed by atoms with Crippen LogP contribution in [0, 0.1) is 0 Å². The smallest absolute Gasteiger partial charge is 0.144 e. The summed E-state index contributed by atoms with van der Waals surface area (Å²) in [7, 11) is 0. The second kappa shape index (κ2) is 12.2. The predicted octanol–water partition coefficient (Wildman–Crippen LogP) is 15.8. The molecule has 262 valence electrons. The topological polar surface area (TPSA) is 29.5 Å². The van der Waals surface area contributed by atoms with Gasteiger partial charge in [0, 0.05) is 65.6 Å². The van der Waals surface area contributed by atoms with Gasteiger partial charge in [0.2, 0.25) is 0 Å². The predicted molar refractivity (Wildman–Crippen MR) is 237 cm³/mol. The standard InChI is InChI=1S/C52H31NO2S/c1-2-12-32(13-3-1)33-24-26-35(27-25-33)53(45-21-11-19-42-40-17-7-9-23-48(40)56-52(42)45)36-28-29-39-44-30-34-14-4-5-15-37(34)49(51(44)55-47(39)31-36)43-20-10-18-41-38-16-6-8-22-46(38)54-50(41)43/h1-31H. The molecule has 0 radical (unpaired) electrons. The fourth-order valence-electron chi connectivity index (χ4n) is 8.68. The van der Waals surface area contributed by atoms with Crippen molar-refractivity contribution in [2.24, 2.45) is 0 Å². The van der Waals surface area contributed by atoms with E-state index in [1.54, 1.807) is 0 Å². The maximum atomic E-state index is 7.08. The Morgan fingerprint density at radius 1 is 0.393 bits per heavy atom. The molecule has 0 aliphatic carbocycles. The lowest BCUT2D eigenvalue weighted by Crippen LogP contribution is -2.10. The molecule has 3 aromatic heterocycles. The van der Waals surface area contributed by atoms with Gasteiger partial charge in [-0.05, 0) is 70.4 Å². The van der Waals surface area contributed by atoms with Crippen molar-refractivity contribution in [2.45, 2.75) is 0 Å². The number of rotatable bonds is 5. The monoisotopic (exact) mass is 733 g/mol. The quantitative estimate of drug-likeness (QED) is 0.176.